The predicted octanol–water partition coefficient (Wildman–Crippen LogP) is 1.61. The number of sulfonamides is 1. The maximum absolute atomic E-state index is 12.0. The Bertz CT molecular complexity index is 833. The third kappa shape index (κ3) is 3.79. The Morgan fingerprint density at radius 2 is 1.91 bits per heavy atom. The van der Waals surface area contributed by atoms with E-state index in [1.165, 1.54) is 36.5 Å². The highest BCUT2D eigenvalue weighted by molar-refractivity contribution is 7.89. The lowest BCUT2D eigenvalue weighted by Gasteiger charge is -2.03. The number of nitrogens with zero attached hydrogens (tertiary/aromatic N) is 2. The second-order valence-electron chi connectivity index (χ2n) is 4.20. The summed E-state index contributed by atoms with van der Waals surface area (Å²) in [7, 11) is -4.01. The van der Waals surface area contributed by atoms with Crippen molar-refractivity contribution in [1.29, 1.82) is 0 Å². The molecule has 0 bridgehead atoms. The number of phenols is 1. The lowest BCUT2D eigenvalue weighted by molar-refractivity contribution is -0.385. The van der Waals surface area contributed by atoms with Crippen molar-refractivity contribution < 1.29 is 18.4 Å². The van der Waals surface area contributed by atoms with E-state index in [0.29, 0.717) is 5.56 Å². The van der Waals surface area contributed by atoms with Gasteiger partial charge in [-0.3, -0.25) is 10.1 Å². The average molecular weight is 321 g/mol. The first kappa shape index (κ1) is 15.4. The molecule has 114 valence electrons. The number of nitro benzene ring substituents is 1. The van der Waals surface area contributed by atoms with Crippen molar-refractivity contribution in [3.8, 4) is 5.75 Å². The van der Waals surface area contributed by atoms with Gasteiger partial charge in [0.1, 0.15) is 5.75 Å². The quantitative estimate of drug-likeness (QED) is 0.492. The lowest BCUT2D eigenvalue weighted by Crippen LogP contribution is -2.18. The molecule has 2 rings (SSSR count). The van der Waals surface area contributed by atoms with Crippen molar-refractivity contribution in [2.75, 3.05) is 0 Å². The molecule has 2 N–H and O–H groups in total. The second-order valence-corrected chi connectivity index (χ2v) is 5.86. The van der Waals surface area contributed by atoms with Gasteiger partial charge in [0.25, 0.3) is 15.7 Å². The first-order valence-corrected chi connectivity index (χ1v) is 7.45. The molecule has 0 amide bonds. The molecule has 0 saturated heterocycles. The number of phenolic OH excluding ortho intramolecular Hbond substituents is 1. The van der Waals surface area contributed by atoms with Gasteiger partial charge in [0.15, 0.2) is 0 Å². The van der Waals surface area contributed by atoms with Crippen LogP contribution < -0.4 is 4.83 Å². The van der Waals surface area contributed by atoms with Gasteiger partial charge in [0.2, 0.25) is 0 Å². The van der Waals surface area contributed by atoms with Crippen LogP contribution in [0.15, 0.2) is 58.5 Å². The molecular formula is C13H11N3O5S. The fourth-order valence-electron chi connectivity index (χ4n) is 1.59. The summed E-state index contributed by atoms with van der Waals surface area (Å²) in [5.74, 6) is 0.0190. The van der Waals surface area contributed by atoms with E-state index in [1.54, 1.807) is 12.1 Å². The molecule has 22 heavy (non-hydrogen) atoms. The highest BCUT2D eigenvalue weighted by atomic mass is 32.2. The predicted molar refractivity (Wildman–Crippen MR) is 79.1 cm³/mol. The summed E-state index contributed by atoms with van der Waals surface area (Å²) in [6, 6.07) is 10.7. The summed E-state index contributed by atoms with van der Waals surface area (Å²) in [5.41, 5.74) is 0.154. The van der Waals surface area contributed by atoms with Gasteiger partial charge in [-0.1, -0.05) is 18.2 Å². The fourth-order valence-corrected chi connectivity index (χ4v) is 2.42. The molecule has 0 fully saturated rings. The Morgan fingerprint density at radius 3 is 2.59 bits per heavy atom. The van der Waals surface area contributed by atoms with Crippen LogP contribution in [-0.4, -0.2) is 24.7 Å². The maximum atomic E-state index is 12.0. The molecule has 0 aliphatic rings. The van der Waals surface area contributed by atoms with Crippen LogP contribution in [0.25, 0.3) is 0 Å². The summed E-state index contributed by atoms with van der Waals surface area (Å²) in [6.45, 7) is 0. The van der Waals surface area contributed by atoms with Crippen molar-refractivity contribution in [3.63, 3.8) is 0 Å². The SMILES string of the molecule is O=[N+]([O-])c1cccc(S(=O)(=O)N/N=C/c2cccc(O)c2)c1. The van der Waals surface area contributed by atoms with E-state index in [2.05, 4.69) is 5.10 Å². The molecule has 0 heterocycles. The van der Waals surface area contributed by atoms with Crippen LogP contribution >= 0.6 is 0 Å². The zero-order chi connectivity index (χ0) is 16.2. The number of hydrazone groups is 1. The summed E-state index contributed by atoms with van der Waals surface area (Å²) >= 11 is 0. The number of non-ortho nitro benzene ring substituents is 1. The minimum Gasteiger partial charge on any atom is -0.508 e. The van der Waals surface area contributed by atoms with Gasteiger partial charge in [0.05, 0.1) is 16.0 Å². The molecule has 0 spiro atoms. The molecule has 2 aromatic rings. The molecule has 2 aromatic carbocycles. The Balaban J connectivity index is 2.18. The highest BCUT2D eigenvalue weighted by Gasteiger charge is 2.16. The third-order valence-corrected chi connectivity index (χ3v) is 3.82. The van der Waals surface area contributed by atoms with Crippen LogP contribution in [-0.2, 0) is 10.0 Å². The van der Waals surface area contributed by atoms with Crippen LogP contribution in [0.3, 0.4) is 0 Å². The van der Waals surface area contributed by atoms with Crippen LogP contribution in [0.5, 0.6) is 5.75 Å². The highest BCUT2D eigenvalue weighted by Crippen LogP contribution is 2.17. The van der Waals surface area contributed by atoms with Crippen molar-refractivity contribution in [3.05, 3.63) is 64.2 Å². The summed E-state index contributed by atoms with van der Waals surface area (Å²) in [6.07, 6.45) is 1.20. The Labute approximate surface area is 125 Å². The maximum Gasteiger partial charge on any atom is 0.276 e. The number of aromatic hydroxyl groups is 1. The zero-order valence-electron chi connectivity index (χ0n) is 11.1. The number of hydrogen-bond donors (Lipinski definition) is 2. The lowest BCUT2D eigenvalue weighted by atomic mass is 10.2. The minimum absolute atomic E-state index is 0.0190. The first-order chi connectivity index (χ1) is 10.4. The number of rotatable bonds is 5. The molecule has 0 aliphatic carbocycles. The van der Waals surface area contributed by atoms with Gasteiger partial charge in [0, 0.05) is 12.1 Å². The largest absolute Gasteiger partial charge is 0.508 e. The number of hydrogen-bond acceptors (Lipinski definition) is 6. The second kappa shape index (κ2) is 6.22. The zero-order valence-corrected chi connectivity index (χ0v) is 11.9. The number of nitro groups is 1. The molecule has 0 radical (unpaired) electrons. The van der Waals surface area contributed by atoms with E-state index in [9.17, 15) is 23.6 Å². The van der Waals surface area contributed by atoms with Gasteiger partial charge >= 0.3 is 0 Å². The van der Waals surface area contributed by atoms with Crippen molar-refractivity contribution in [2.45, 2.75) is 4.90 Å². The van der Waals surface area contributed by atoms with E-state index in [-0.39, 0.29) is 16.3 Å². The molecule has 9 heteroatoms. The van der Waals surface area contributed by atoms with Crippen molar-refractivity contribution in [2.24, 2.45) is 5.10 Å². The van der Waals surface area contributed by atoms with E-state index in [4.69, 9.17) is 0 Å². The van der Waals surface area contributed by atoms with Crippen molar-refractivity contribution in [1.82, 2.24) is 4.83 Å². The molecule has 0 unspecified atom stereocenters. The fraction of sp³-hybridized carbons (Fsp3) is 0. The number of benzene rings is 2. The molecular weight excluding hydrogens is 310 g/mol. The molecule has 0 saturated carbocycles. The van der Waals surface area contributed by atoms with E-state index in [1.807, 2.05) is 4.83 Å². The summed E-state index contributed by atoms with van der Waals surface area (Å²) in [5, 5.41) is 23.5. The van der Waals surface area contributed by atoms with Crippen LogP contribution in [0.4, 0.5) is 5.69 Å². The van der Waals surface area contributed by atoms with E-state index >= 15 is 0 Å². The standard InChI is InChI=1S/C13H11N3O5S/c17-12-5-1-3-10(7-12)9-14-15-22(20,21)13-6-2-4-11(8-13)16(18)19/h1-9,15,17H/b14-9+. The molecule has 0 atom stereocenters. The van der Waals surface area contributed by atoms with E-state index in [0.717, 1.165) is 6.07 Å². The summed E-state index contributed by atoms with van der Waals surface area (Å²) in [4.78, 5) is 11.6. The van der Waals surface area contributed by atoms with Gasteiger partial charge in [-0.15, -0.1) is 0 Å². The van der Waals surface area contributed by atoms with E-state index < -0.39 is 14.9 Å². The molecule has 0 aliphatic heterocycles. The van der Waals surface area contributed by atoms with Crippen molar-refractivity contribution >= 4 is 21.9 Å². The van der Waals surface area contributed by atoms with Gasteiger partial charge in [-0.05, 0) is 23.8 Å². The summed E-state index contributed by atoms with van der Waals surface area (Å²) < 4.78 is 23.9. The van der Waals surface area contributed by atoms with Crippen LogP contribution in [0.1, 0.15) is 5.56 Å². The molecule has 0 aromatic heterocycles. The average Bonchev–Trinajstić information content (AvgIpc) is 2.47. The Morgan fingerprint density at radius 1 is 1.18 bits per heavy atom. The van der Waals surface area contributed by atoms with Gasteiger partial charge in [-0.2, -0.15) is 13.5 Å². The Hall–Kier alpha value is -2.94. The smallest absolute Gasteiger partial charge is 0.276 e. The normalized spacial score (nSPS) is 11.5. The third-order valence-electron chi connectivity index (χ3n) is 2.60. The van der Waals surface area contributed by atoms with Crippen LogP contribution in [0, 0.1) is 10.1 Å². The first-order valence-electron chi connectivity index (χ1n) is 5.97. The van der Waals surface area contributed by atoms with Gasteiger partial charge in [-0.25, -0.2) is 4.83 Å². The number of nitrogens with one attached hydrogen (secondary N) is 1. The minimum atomic E-state index is -4.01. The monoisotopic (exact) mass is 321 g/mol. The molecule has 8 nitrogen and oxygen atoms in total. The van der Waals surface area contributed by atoms with Crippen LogP contribution in [0.2, 0.25) is 0 Å². The topological polar surface area (TPSA) is 122 Å². The Kier molecular flexibility index (Phi) is 4.37. The van der Waals surface area contributed by atoms with Gasteiger partial charge < -0.3 is 5.11 Å².